The van der Waals surface area contributed by atoms with Crippen LogP contribution in [0, 0.1) is 0 Å². The fraction of sp³-hybridized carbons (Fsp3) is 0.105. The molecular formula is C19H17BrN2O3S2. The van der Waals surface area contributed by atoms with Gasteiger partial charge in [-0.1, -0.05) is 58.4 Å². The SMILES string of the molecule is O=C(Nc1cccc(Br)c1)[C@@H](Cc1ccccc1)NS(=O)(=O)c1cccs1. The maximum Gasteiger partial charge on any atom is 0.250 e. The van der Waals surface area contributed by atoms with Gasteiger partial charge in [-0.15, -0.1) is 11.3 Å². The Morgan fingerprint density at radius 2 is 1.81 bits per heavy atom. The van der Waals surface area contributed by atoms with E-state index in [1.54, 1.807) is 29.6 Å². The molecule has 1 amide bonds. The van der Waals surface area contributed by atoms with E-state index in [1.807, 2.05) is 36.4 Å². The molecule has 0 aliphatic heterocycles. The van der Waals surface area contributed by atoms with Crippen molar-refractivity contribution < 1.29 is 13.2 Å². The normalized spacial score (nSPS) is 12.5. The van der Waals surface area contributed by atoms with E-state index in [9.17, 15) is 13.2 Å². The van der Waals surface area contributed by atoms with Crippen molar-refractivity contribution in [3.05, 3.63) is 82.1 Å². The second-order valence-corrected chi connectivity index (χ2v) is 9.60. The Labute approximate surface area is 170 Å². The molecule has 2 aromatic carbocycles. The van der Waals surface area contributed by atoms with Crippen molar-refractivity contribution in [2.24, 2.45) is 0 Å². The summed E-state index contributed by atoms with van der Waals surface area (Å²) in [6, 6.07) is 18.7. The van der Waals surface area contributed by atoms with Gasteiger partial charge in [-0.3, -0.25) is 4.79 Å². The van der Waals surface area contributed by atoms with Crippen LogP contribution in [0.5, 0.6) is 0 Å². The highest BCUT2D eigenvalue weighted by Crippen LogP contribution is 2.19. The summed E-state index contributed by atoms with van der Waals surface area (Å²) in [7, 11) is -3.78. The Morgan fingerprint density at radius 3 is 2.48 bits per heavy atom. The fourth-order valence-corrected chi connectivity index (χ4v) is 5.10. The van der Waals surface area contributed by atoms with Gasteiger partial charge in [0.2, 0.25) is 5.91 Å². The van der Waals surface area contributed by atoms with E-state index in [-0.39, 0.29) is 10.6 Å². The molecule has 0 radical (unpaired) electrons. The summed E-state index contributed by atoms with van der Waals surface area (Å²) in [6.07, 6.45) is 0.241. The summed E-state index contributed by atoms with van der Waals surface area (Å²) in [5.74, 6) is -0.419. The van der Waals surface area contributed by atoms with E-state index in [0.717, 1.165) is 21.4 Å². The molecule has 0 bridgehead atoms. The molecular weight excluding hydrogens is 448 g/mol. The van der Waals surface area contributed by atoms with E-state index in [4.69, 9.17) is 0 Å². The summed E-state index contributed by atoms with van der Waals surface area (Å²) in [6.45, 7) is 0. The first-order valence-corrected chi connectivity index (χ1v) is 11.3. The van der Waals surface area contributed by atoms with Gasteiger partial charge < -0.3 is 5.32 Å². The van der Waals surface area contributed by atoms with Crippen molar-refractivity contribution in [1.29, 1.82) is 0 Å². The number of halogens is 1. The van der Waals surface area contributed by atoms with Gasteiger partial charge in [-0.05, 0) is 41.6 Å². The van der Waals surface area contributed by atoms with Crippen LogP contribution in [-0.2, 0) is 21.2 Å². The molecule has 5 nitrogen and oxygen atoms in total. The van der Waals surface area contributed by atoms with Gasteiger partial charge in [0, 0.05) is 10.2 Å². The Bertz CT molecular complexity index is 1010. The van der Waals surface area contributed by atoms with Gasteiger partial charge in [-0.25, -0.2) is 8.42 Å². The molecule has 0 aliphatic carbocycles. The molecule has 1 atom stereocenters. The van der Waals surface area contributed by atoms with Gasteiger partial charge in [0.05, 0.1) is 0 Å². The maximum absolute atomic E-state index is 12.8. The van der Waals surface area contributed by atoms with Crippen LogP contribution in [0.15, 0.2) is 80.8 Å². The number of carbonyl (C=O) groups excluding carboxylic acids is 1. The number of sulfonamides is 1. The summed E-state index contributed by atoms with van der Waals surface area (Å²) < 4.78 is 28.8. The lowest BCUT2D eigenvalue weighted by atomic mass is 10.1. The molecule has 1 heterocycles. The van der Waals surface area contributed by atoms with Crippen LogP contribution >= 0.6 is 27.3 Å². The van der Waals surface area contributed by atoms with Gasteiger partial charge in [0.15, 0.2) is 0 Å². The monoisotopic (exact) mass is 464 g/mol. The van der Waals surface area contributed by atoms with Crippen molar-refractivity contribution in [2.45, 2.75) is 16.7 Å². The molecule has 8 heteroatoms. The molecule has 0 spiro atoms. The summed E-state index contributed by atoms with van der Waals surface area (Å²) in [4.78, 5) is 12.8. The minimum atomic E-state index is -3.78. The number of benzene rings is 2. The van der Waals surface area contributed by atoms with Gasteiger partial charge in [-0.2, -0.15) is 4.72 Å². The van der Waals surface area contributed by atoms with E-state index in [2.05, 4.69) is 26.0 Å². The molecule has 0 saturated carbocycles. The third kappa shape index (κ3) is 5.49. The molecule has 0 saturated heterocycles. The average molecular weight is 465 g/mol. The quantitative estimate of drug-likeness (QED) is 0.553. The molecule has 0 unspecified atom stereocenters. The summed E-state index contributed by atoms with van der Waals surface area (Å²) >= 11 is 4.46. The van der Waals surface area contributed by atoms with Crippen molar-refractivity contribution >= 4 is 48.9 Å². The lowest BCUT2D eigenvalue weighted by molar-refractivity contribution is -0.117. The van der Waals surface area contributed by atoms with E-state index >= 15 is 0 Å². The lowest BCUT2D eigenvalue weighted by Crippen LogP contribution is -2.45. The minimum Gasteiger partial charge on any atom is -0.325 e. The van der Waals surface area contributed by atoms with E-state index in [1.165, 1.54) is 6.07 Å². The van der Waals surface area contributed by atoms with Crippen LogP contribution in [0.1, 0.15) is 5.56 Å². The second-order valence-electron chi connectivity index (χ2n) is 5.80. The largest absolute Gasteiger partial charge is 0.325 e. The fourth-order valence-electron chi connectivity index (χ4n) is 2.50. The van der Waals surface area contributed by atoms with Gasteiger partial charge in [0.1, 0.15) is 10.3 Å². The van der Waals surface area contributed by atoms with Crippen LogP contribution in [0.25, 0.3) is 0 Å². The molecule has 3 rings (SSSR count). The third-order valence-electron chi connectivity index (χ3n) is 3.75. The van der Waals surface area contributed by atoms with Crippen LogP contribution < -0.4 is 10.0 Å². The Hall–Kier alpha value is -2.00. The van der Waals surface area contributed by atoms with Crippen LogP contribution in [-0.4, -0.2) is 20.4 Å². The van der Waals surface area contributed by atoms with Crippen molar-refractivity contribution in [1.82, 2.24) is 4.72 Å². The maximum atomic E-state index is 12.8. The summed E-state index contributed by atoms with van der Waals surface area (Å²) in [5.41, 5.74) is 1.45. The predicted octanol–water partition coefficient (Wildman–Crippen LogP) is 4.04. The third-order valence-corrected chi connectivity index (χ3v) is 7.11. The van der Waals surface area contributed by atoms with Crippen molar-refractivity contribution in [3.63, 3.8) is 0 Å². The first-order valence-electron chi connectivity index (χ1n) is 8.10. The van der Waals surface area contributed by atoms with E-state index in [0.29, 0.717) is 5.69 Å². The van der Waals surface area contributed by atoms with Crippen LogP contribution in [0.2, 0.25) is 0 Å². The highest BCUT2D eigenvalue weighted by atomic mass is 79.9. The number of carbonyl (C=O) groups is 1. The Morgan fingerprint density at radius 1 is 1.04 bits per heavy atom. The zero-order valence-corrected chi connectivity index (χ0v) is 17.4. The summed E-state index contributed by atoms with van der Waals surface area (Å²) in [5, 5.41) is 4.46. The molecule has 27 heavy (non-hydrogen) atoms. The molecule has 1 aromatic heterocycles. The van der Waals surface area contributed by atoms with Gasteiger partial charge >= 0.3 is 0 Å². The number of hydrogen-bond acceptors (Lipinski definition) is 4. The number of amides is 1. The standard InChI is InChI=1S/C19H17BrN2O3S2/c20-15-8-4-9-16(13-15)21-19(23)17(12-14-6-2-1-3-7-14)22-27(24,25)18-10-5-11-26-18/h1-11,13,17,22H,12H2,(H,21,23)/t17-/m1/s1. The molecule has 140 valence electrons. The smallest absolute Gasteiger partial charge is 0.250 e. The zero-order valence-electron chi connectivity index (χ0n) is 14.1. The molecule has 3 aromatic rings. The predicted molar refractivity (Wildman–Crippen MR) is 111 cm³/mol. The minimum absolute atomic E-state index is 0.177. The lowest BCUT2D eigenvalue weighted by Gasteiger charge is -2.18. The van der Waals surface area contributed by atoms with Gasteiger partial charge in [0.25, 0.3) is 10.0 Å². The van der Waals surface area contributed by atoms with Crippen LogP contribution in [0.4, 0.5) is 5.69 Å². The number of thiophene rings is 1. The Kier molecular flexibility index (Phi) is 6.43. The van der Waals surface area contributed by atoms with Crippen molar-refractivity contribution in [3.8, 4) is 0 Å². The number of hydrogen-bond donors (Lipinski definition) is 2. The zero-order chi connectivity index (χ0) is 19.3. The first-order chi connectivity index (χ1) is 12.9. The molecule has 2 N–H and O–H groups in total. The molecule has 0 fully saturated rings. The van der Waals surface area contributed by atoms with E-state index < -0.39 is 22.0 Å². The number of anilines is 1. The second kappa shape index (κ2) is 8.79. The molecule has 0 aliphatic rings. The average Bonchev–Trinajstić information content (AvgIpc) is 3.17. The topological polar surface area (TPSA) is 75.3 Å². The van der Waals surface area contributed by atoms with Crippen LogP contribution in [0.3, 0.4) is 0 Å². The Balaban J connectivity index is 1.83. The highest BCUT2D eigenvalue weighted by molar-refractivity contribution is 9.10. The number of nitrogens with one attached hydrogen (secondary N) is 2. The highest BCUT2D eigenvalue weighted by Gasteiger charge is 2.26. The van der Waals surface area contributed by atoms with Crippen molar-refractivity contribution in [2.75, 3.05) is 5.32 Å². The number of rotatable bonds is 7. The first kappa shape index (κ1) is 19.8.